The average molecular weight is 250 g/mol. The van der Waals surface area contributed by atoms with Crippen LogP contribution in [0, 0.1) is 0 Å². The zero-order valence-electron chi connectivity index (χ0n) is 9.34. The molecule has 6 nitrogen and oxygen atoms in total. The van der Waals surface area contributed by atoms with E-state index in [1.807, 2.05) is 0 Å². The molecule has 0 unspecified atom stereocenters. The van der Waals surface area contributed by atoms with Crippen molar-refractivity contribution in [2.75, 3.05) is 0 Å². The van der Waals surface area contributed by atoms with Crippen LogP contribution in [0.3, 0.4) is 0 Å². The van der Waals surface area contributed by atoms with Gasteiger partial charge in [-0.25, -0.2) is 0 Å². The molecule has 1 N–H and O–H groups in total. The van der Waals surface area contributed by atoms with E-state index >= 15 is 0 Å². The van der Waals surface area contributed by atoms with Gasteiger partial charge in [-0.05, 0) is 18.2 Å². The van der Waals surface area contributed by atoms with Gasteiger partial charge in [-0.15, -0.1) is 0 Å². The maximum absolute atomic E-state index is 11.3. The summed E-state index contributed by atoms with van der Waals surface area (Å²) in [5, 5.41) is 8.42. The fraction of sp³-hybridized carbons (Fsp3) is 0.250. The molecule has 0 fully saturated rings. The van der Waals surface area contributed by atoms with Crippen molar-refractivity contribution in [1.82, 2.24) is 0 Å². The van der Waals surface area contributed by atoms with Gasteiger partial charge in [-0.3, -0.25) is 14.4 Å². The van der Waals surface area contributed by atoms with Crippen molar-refractivity contribution in [2.45, 2.75) is 19.3 Å². The first-order chi connectivity index (χ1) is 8.54. The van der Waals surface area contributed by atoms with Crippen LogP contribution in [0.4, 0.5) is 0 Å². The first-order valence-electron chi connectivity index (χ1n) is 5.30. The highest BCUT2D eigenvalue weighted by Crippen LogP contribution is 2.29. The van der Waals surface area contributed by atoms with Gasteiger partial charge >= 0.3 is 17.9 Å². The largest absolute Gasteiger partial charge is 0.481 e. The molecule has 1 aliphatic rings. The summed E-state index contributed by atoms with van der Waals surface area (Å²) in [5.41, 5.74) is 0.656. The van der Waals surface area contributed by atoms with Crippen LogP contribution < -0.4 is 9.47 Å². The molecule has 0 spiro atoms. The first-order valence-corrected chi connectivity index (χ1v) is 5.30. The number of esters is 2. The van der Waals surface area contributed by atoms with Gasteiger partial charge in [0.1, 0.15) is 11.5 Å². The van der Waals surface area contributed by atoms with E-state index in [4.69, 9.17) is 14.6 Å². The SMILES string of the molecule is O=C(O)CCC(=O)Oc1ccc2c(c1)CC(=O)O2. The zero-order valence-corrected chi connectivity index (χ0v) is 9.34. The number of ether oxygens (including phenoxy) is 2. The standard InChI is InChI=1S/C12H10O6/c13-10(14)3-4-11(15)17-8-1-2-9-7(5-8)6-12(16)18-9/h1-2,5H,3-4,6H2,(H,13,14). The van der Waals surface area contributed by atoms with Gasteiger partial charge < -0.3 is 14.6 Å². The molecule has 0 amide bonds. The number of carboxylic acid groups (broad SMARTS) is 1. The predicted molar refractivity (Wildman–Crippen MR) is 58.3 cm³/mol. The van der Waals surface area contributed by atoms with Gasteiger partial charge in [0, 0.05) is 5.56 Å². The molecule has 0 bridgehead atoms. The molecule has 2 rings (SSSR count). The Morgan fingerprint density at radius 3 is 2.83 bits per heavy atom. The Kier molecular flexibility index (Phi) is 3.27. The van der Waals surface area contributed by atoms with Crippen LogP contribution in [0.5, 0.6) is 11.5 Å². The summed E-state index contributed by atoms with van der Waals surface area (Å²) in [6.45, 7) is 0. The number of hydrogen-bond acceptors (Lipinski definition) is 5. The molecule has 1 aliphatic heterocycles. The molecule has 6 heteroatoms. The molecule has 94 valence electrons. The third kappa shape index (κ3) is 2.85. The fourth-order valence-corrected chi connectivity index (χ4v) is 1.56. The smallest absolute Gasteiger partial charge is 0.315 e. The summed E-state index contributed by atoms with van der Waals surface area (Å²) in [6.07, 6.45) is -0.316. The van der Waals surface area contributed by atoms with Crippen LogP contribution >= 0.6 is 0 Å². The third-order valence-corrected chi connectivity index (χ3v) is 2.37. The van der Waals surface area contributed by atoms with Crippen LogP contribution in [-0.2, 0) is 20.8 Å². The van der Waals surface area contributed by atoms with Crippen LogP contribution in [0.25, 0.3) is 0 Å². The molecule has 0 saturated heterocycles. The Morgan fingerprint density at radius 2 is 2.11 bits per heavy atom. The van der Waals surface area contributed by atoms with Crippen LogP contribution in [-0.4, -0.2) is 23.0 Å². The monoisotopic (exact) mass is 250 g/mol. The van der Waals surface area contributed by atoms with E-state index in [2.05, 4.69) is 0 Å². The van der Waals surface area contributed by atoms with E-state index in [0.717, 1.165) is 0 Å². The topological polar surface area (TPSA) is 89.9 Å². The first kappa shape index (κ1) is 12.1. The van der Waals surface area contributed by atoms with E-state index in [0.29, 0.717) is 11.3 Å². The van der Waals surface area contributed by atoms with Crippen molar-refractivity contribution < 1.29 is 29.0 Å². The second kappa shape index (κ2) is 4.87. The molecular weight excluding hydrogens is 240 g/mol. The lowest BCUT2D eigenvalue weighted by Gasteiger charge is -2.04. The quantitative estimate of drug-likeness (QED) is 0.631. The Morgan fingerprint density at radius 1 is 1.33 bits per heavy atom. The number of fused-ring (bicyclic) bond motifs is 1. The van der Waals surface area contributed by atoms with Crippen LogP contribution in [0.2, 0.25) is 0 Å². The molecule has 18 heavy (non-hydrogen) atoms. The number of benzene rings is 1. The maximum Gasteiger partial charge on any atom is 0.315 e. The molecule has 0 atom stereocenters. The average Bonchev–Trinajstić information content (AvgIpc) is 2.66. The molecular formula is C12H10O6. The number of carbonyl (C=O) groups is 3. The number of carboxylic acids is 1. The normalized spacial score (nSPS) is 12.8. The van der Waals surface area contributed by atoms with Gasteiger partial charge in [0.2, 0.25) is 0 Å². The number of rotatable bonds is 4. The minimum Gasteiger partial charge on any atom is -0.481 e. The van der Waals surface area contributed by atoms with E-state index < -0.39 is 11.9 Å². The van der Waals surface area contributed by atoms with Gasteiger partial charge in [0.15, 0.2) is 0 Å². The third-order valence-electron chi connectivity index (χ3n) is 2.37. The number of carbonyl (C=O) groups excluding carboxylic acids is 2. The lowest BCUT2D eigenvalue weighted by Crippen LogP contribution is -2.10. The minimum atomic E-state index is -1.06. The Bertz CT molecular complexity index is 519. The molecule has 0 saturated carbocycles. The van der Waals surface area contributed by atoms with Crippen molar-refractivity contribution in [3.63, 3.8) is 0 Å². The summed E-state index contributed by atoms with van der Waals surface area (Å²) in [4.78, 5) is 32.6. The van der Waals surface area contributed by atoms with E-state index in [1.54, 1.807) is 12.1 Å². The predicted octanol–water partition coefficient (Wildman–Crippen LogP) is 0.918. The maximum atomic E-state index is 11.3. The van der Waals surface area contributed by atoms with Crippen molar-refractivity contribution in [1.29, 1.82) is 0 Å². The summed E-state index contributed by atoms with van der Waals surface area (Å²) in [5.74, 6) is -1.28. The van der Waals surface area contributed by atoms with Crippen molar-refractivity contribution in [3.8, 4) is 11.5 Å². The van der Waals surface area contributed by atoms with Gasteiger partial charge in [-0.1, -0.05) is 0 Å². The molecule has 0 radical (unpaired) electrons. The molecule has 0 aliphatic carbocycles. The minimum absolute atomic E-state index is 0.149. The molecule has 1 aromatic carbocycles. The van der Waals surface area contributed by atoms with Crippen molar-refractivity contribution in [2.24, 2.45) is 0 Å². The van der Waals surface area contributed by atoms with E-state index in [-0.39, 0.29) is 31.0 Å². The Balaban J connectivity index is 1.99. The fourth-order valence-electron chi connectivity index (χ4n) is 1.56. The molecule has 0 aromatic heterocycles. The highest BCUT2D eigenvalue weighted by atomic mass is 16.5. The van der Waals surface area contributed by atoms with Crippen LogP contribution in [0.1, 0.15) is 18.4 Å². The highest BCUT2D eigenvalue weighted by molar-refractivity contribution is 5.82. The summed E-state index contributed by atoms with van der Waals surface area (Å²) in [7, 11) is 0. The van der Waals surface area contributed by atoms with Crippen molar-refractivity contribution in [3.05, 3.63) is 23.8 Å². The second-order valence-electron chi connectivity index (χ2n) is 3.79. The highest BCUT2D eigenvalue weighted by Gasteiger charge is 2.21. The van der Waals surface area contributed by atoms with Gasteiger partial charge in [0.05, 0.1) is 19.3 Å². The number of hydrogen-bond donors (Lipinski definition) is 1. The van der Waals surface area contributed by atoms with Crippen LogP contribution in [0.15, 0.2) is 18.2 Å². The number of aliphatic carboxylic acids is 1. The lowest BCUT2D eigenvalue weighted by molar-refractivity contribution is -0.142. The zero-order chi connectivity index (χ0) is 13.1. The van der Waals surface area contributed by atoms with Gasteiger partial charge in [-0.2, -0.15) is 0 Å². The van der Waals surface area contributed by atoms with Crippen molar-refractivity contribution >= 4 is 17.9 Å². The Hall–Kier alpha value is -2.37. The molecule has 1 aromatic rings. The summed E-state index contributed by atoms with van der Waals surface area (Å²) >= 11 is 0. The van der Waals surface area contributed by atoms with E-state index in [1.165, 1.54) is 6.07 Å². The summed E-state index contributed by atoms with van der Waals surface area (Å²) in [6, 6.07) is 4.58. The second-order valence-corrected chi connectivity index (χ2v) is 3.79. The molecule has 1 heterocycles. The Labute approximate surface area is 102 Å². The lowest BCUT2D eigenvalue weighted by atomic mass is 10.1. The summed E-state index contributed by atoms with van der Waals surface area (Å²) < 4.78 is 9.84. The van der Waals surface area contributed by atoms with Gasteiger partial charge in [0.25, 0.3) is 0 Å². The van der Waals surface area contributed by atoms with E-state index in [9.17, 15) is 14.4 Å².